The number of nitriles is 1. The number of pyridine rings is 1. The van der Waals surface area contributed by atoms with Gasteiger partial charge in [0, 0.05) is 22.9 Å². The van der Waals surface area contributed by atoms with Gasteiger partial charge in [0.15, 0.2) is 5.78 Å². The first-order valence-corrected chi connectivity index (χ1v) is 11.6. The van der Waals surface area contributed by atoms with E-state index in [9.17, 15) is 14.4 Å². The predicted molar refractivity (Wildman–Crippen MR) is 133 cm³/mol. The van der Waals surface area contributed by atoms with E-state index in [1.54, 1.807) is 17.1 Å². The van der Waals surface area contributed by atoms with Gasteiger partial charge in [0.2, 0.25) is 0 Å². The van der Waals surface area contributed by atoms with Crippen molar-refractivity contribution in [1.82, 2.24) is 9.99 Å². The van der Waals surface area contributed by atoms with Crippen molar-refractivity contribution >= 4 is 34.0 Å². The Hall–Kier alpha value is -3.89. The number of aromatic nitrogens is 1. The zero-order valence-electron chi connectivity index (χ0n) is 19.3. The molecule has 1 aromatic heterocycles. The van der Waals surface area contributed by atoms with Crippen molar-refractivity contribution in [3.63, 3.8) is 0 Å². The number of benzene rings is 2. The van der Waals surface area contributed by atoms with E-state index in [1.165, 1.54) is 12.1 Å². The monoisotopic (exact) mass is 487 g/mol. The molecule has 3 aromatic rings. The summed E-state index contributed by atoms with van der Waals surface area (Å²) in [6.07, 6.45) is 0.862. The molecule has 0 spiro atoms. The summed E-state index contributed by atoms with van der Waals surface area (Å²) in [6, 6.07) is 17.4. The Morgan fingerprint density at radius 2 is 1.91 bits per heavy atom. The normalized spacial score (nSPS) is 19.6. The third kappa shape index (κ3) is 4.00. The van der Waals surface area contributed by atoms with Crippen LogP contribution in [0.3, 0.4) is 0 Å². The molecule has 0 fully saturated rings. The van der Waals surface area contributed by atoms with Gasteiger partial charge in [-0.1, -0.05) is 43.6 Å². The molecule has 35 heavy (non-hydrogen) atoms. The van der Waals surface area contributed by atoms with Crippen molar-refractivity contribution in [3.05, 3.63) is 93.8 Å². The maximum absolute atomic E-state index is 13.6. The minimum atomic E-state index is -0.741. The molecule has 0 saturated carbocycles. The first kappa shape index (κ1) is 22.9. The Bertz CT molecular complexity index is 1470. The van der Waals surface area contributed by atoms with E-state index in [-0.39, 0.29) is 33.6 Å². The van der Waals surface area contributed by atoms with Crippen molar-refractivity contribution < 1.29 is 9.18 Å². The fraction of sp³-hybridized carbons (Fsp3) is 0.222. The summed E-state index contributed by atoms with van der Waals surface area (Å²) in [5.74, 6) is -1.02. The standard InChI is InChI=1S/C27H23ClFN5O/c1-27(2)12-21-24(22(35)13-27)23(18-11-15-5-3-4-6-20(15)32-25(18)28)19(14-30)26(31)34(21)33-17-9-7-16(29)8-10-17/h3-11,23,33H,12-13,31H2,1-2H3. The van der Waals surface area contributed by atoms with E-state index in [4.69, 9.17) is 17.3 Å². The molecule has 2 heterocycles. The van der Waals surface area contributed by atoms with Gasteiger partial charge >= 0.3 is 0 Å². The number of hydrogen-bond acceptors (Lipinski definition) is 6. The van der Waals surface area contributed by atoms with Gasteiger partial charge in [0.1, 0.15) is 16.8 Å². The molecule has 0 radical (unpaired) electrons. The number of Topliss-reactive ketones (excluding diaryl/α,β-unsaturated/α-hetero) is 1. The molecule has 2 aliphatic rings. The average molecular weight is 488 g/mol. The first-order chi connectivity index (χ1) is 16.7. The van der Waals surface area contributed by atoms with Crippen molar-refractivity contribution in [1.29, 1.82) is 5.26 Å². The number of carbonyl (C=O) groups excluding carboxylic acids is 1. The lowest BCUT2D eigenvalue weighted by molar-refractivity contribution is -0.118. The minimum absolute atomic E-state index is 0.0726. The van der Waals surface area contributed by atoms with Crippen LogP contribution in [0.15, 0.2) is 77.3 Å². The Kier molecular flexibility index (Phi) is 5.49. The van der Waals surface area contributed by atoms with Crippen LogP contribution < -0.4 is 11.2 Å². The lowest BCUT2D eigenvalue weighted by Crippen LogP contribution is -2.44. The van der Waals surface area contributed by atoms with Crippen LogP contribution in [-0.4, -0.2) is 15.8 Å². The molecule has 6 nitrogen and oxygen atoms in total. The van der Waals surface area contributed by atoms with Gasteiger partial charge in [-0.25, -0.2) is 14.4 Å². The molecule has 5 rings (SSSR count). The largest absolute Gasteiger partial charge is 0.383 e. The predicted octanol–water partition coefficient (Wildman–Crippen LogP) is 5.79. The lowest BCUT2D eigenvalue weighted by Gasteiger charge is -2.43. The molecule has 1 aliphatic carbocycles. The van der Waals surface area contributed by atoms with E-state index in [1.807, 2.05) is 44.2 Å². The number of halogens is 2. The molecule has 0 amide bonds. The lowest BCUT2D eigenvalue weighted by atomic mass is 9.69. The number of nitrogens with two attached hydrogens (primary N) is 1. The Labute approximate surface area is 207 Å². The van der Waals surface area contributed by atoms with E-state index in [0.29, 0.717) is 35.4 Å². The van der Waals surface area contributed by atoms with Gasteiger partial charge in [-0.2, -0.15) is 5.26 Å². The minimum Gasteiger partial charge on any atom is -0.383 e. The van der Waals surface area contributed by atoms with Gasteiger partial charge < -0.3 is 5.73 Å². The second-order valence-corrected chi connectivity index (χ2v) is 10.0. The highest BCUT2D eigenvalue weighted by Crippen LogP contribution is 2.50. The van der Waals surface area contributed by atoms with Gasteiger partial charge in [0.25, 0.3) is 0 Å². The molecule has 0 saturated heterocycles. The summed E-state index contributed by atoms with van der Waals surface area (Å²) in [6.45, 7) is 4.04. The zero-order valence-corrected chi connectivity index (χ0v) is 20.0. The van der Waals surface area contributed by atoms with Gasteiger partial charge in [-0.15, -0.1) is 0 Å². The summed E-state index contributed by atoms with van der Waals surface area (Å²) in [4.78, 5) is 18.1. The van der Waals surface area contributed by atoms with Crippen LogP contribution in [0.2, 0.25) is 5.15 Å². The molecule has 3 N–H and O–H groups in total. The van der Waals surface area contributed by atoms with Gasteiger partial charge in [-0.3, -0.25) is 10.2 Å². The van der Waals surface area contributed by atoms with E-state index < -0.39 is 5.92 Å². The van der Waals surface area contributed by atoms with Crippen LogP contribution in [0.1, 0.15) is 38.2 Å². The quantitative estimate of drug-likeness (QED) is 0.454. The summed E-state index contributed by atoms with van der Waals surface area (Å²) >= 11 is 6.64. The number of para-hydroxylation sites is 1. The number of anilines is 1. The molecule has 1 atom stereocenters. The van der Waals surface area contributed by atoms with Crippen LogP contribution in [-0.2, 0) is 4.79 Å². The van der Waals surface area contributed by atoms with Gasteiger partial charge in [0.05, 0.1) is 34.5 Å². The number of fused-ring (bicyclic) bond motifs is 1. The number of nitrogens with one attached hydrogen (secondary N) is 1. The fourth-order valence-electron chi connectivity index (χ4n) is 4.91. The van der Waals surface area contributed by atoms with Crippen molar-refractivity contribution in [2.75, 3.05) is 5.43 Å². The SMILES string of the molecule is CC1(C)CC(=O)C2=C(C1)N(Nc1ccc(F)cc1)C(N)=C(C#N)C2c1cc2ccccc2nc1Cl. The number of allylic oxidation sites excluding steroid dienone is 3. The van der Waals surface area contributed by atoms with Crippen molar-refractivity contribution in [3.8, 4) is 6.07 Å². The number of ketones is 1. The second kappa shape index (κ2) is 8.40. The maximum Gasteiger partial charge on any atom is 0.162 e. The van der Waals surface area contributed by atoms with E-state index >= 15 is 0 Å². The highest BCUT2D eigenvalue weighted by atomic mass is 35.5. The van der Waals surface area contributed by atoms with Gasteiger partial charge in [-0.05, 0) is 48.2 Å². The van der Waals surface area contributed by atoms with Crippen LogP contribution >= 0.6 is 11.6 Å². The Balaban J connectivity index is 1.72. The summed E-state index contributed by atoms with van der Waals surface area (Å²) < 4.78 is 13.5. The summed E-state index contributed by atoms with van der Waals surface area (Å²) in [5.41, 5.74) is 12.6. The number of rotatable bonds is 3. The third-order valence-corrected chi connectivity index (χ3v) is 6.78. The average Bonchev–Trinajstić information content (AvgIpc) is 2.81. The molecule has 176 valence electrons. The molecule has 0 bridgehead atoms. The maximum atomic E-state index is 13.6. The van der Waals surface area contributed by atoms with Crippen molar-refractivity contribution in [2.24, 2.45) is 11.1 Å². The smallest absolute Gasteiger partial charge is 0.162 e. The number of hydrazine groups is 1. The number of carbonyl (C=O) groups is 1. The van der Waals surface area contributed by atoms with Crippen LogP contribution in [0.25, 0.3) is 10.9 Å². The topological polar surface area (TPSA) is 95.0 Å². The fourth-order valence-corrected chi connectivity index (χ4v) is 5.17. The highest BCUT2D eigenvalue weighted by molar-refractivity contribution is 6.31. The Morgan fingerprint density at radius 3 is 2.63 bits per heavy atom. The van der Waals surface area contributed by atoms with E-state index in [2.05, 4.69) is 16.5 Å². The highest BCUT2D eigenvalue weighted by Gasteiger charge is 2.45. The van der Waals surface area contributed by atoms with Crippen LogP contribution in [0, 0.1) is 22.6 Å². The zero-order chi connectivity index (χ0) is 24.9. The molecule has 2 aromatic carbocycles. The second-order valence-electron chi connectivity index (χ2n) is 9.66. The number of hydrogen-bond donors (Lipinski definition) is 2. The first-order valence-electron chi connectivity index (χ1n) is 11.2. The molecular weight excluding hydrogens is 465 g/mol. The molecule has 8 heteroatoms. The molecular formula is C27H23ClFN5O. The van der Waals surface area contributed by atoms with Crippen molar-refractivity contribution in [2.45, 2.75) is 32.6 Å². The van der Waals surface area contributed by atoms with Crippen LogP contribution in [0.5, 0.6) is 0 Å². The molecule has 1 unspecified atom stereocenters. The summed E-state index contributed by atoms with van der Waals surface area (Å²) in [5, 5.41) is 12.9. The Morgan fingerprint density at radius 1 is 1.20 bits per heavy atom. The third-order valence-electron chi connectivity index (χ3n) is 6.48. The number of nitrogens with zero attached hydrogens (tertiary/aromatic N) is 3. The van der Waals surface area contributed by atoms with Crippen LogP contribution in [0.4, 0.5) is 10.1 Å². The van der Waals surface area contributed by atoms with E-state index in [0.717, 1.165) is 10.9 Å². The molecule has 1 aliphatic heterocycles. The summed E-state index contributed by atoms with van der Waals surface area (Å²) in [7, 11) is 0.